The predicted octanol–water partition coefficient (Wildman–Crippen LogP) is 2.77. The van der Waals surface area contributed by atoms with E-state index in [-0.39, 0.29) is 0 Å². The Morgan fingerprint density at radius 2 is 2.05 bits per heavy atom. The second kappa shape index (κ2) is 7.55. The van der Waals surface area contributed by atoms with Gasteiger partial charge in [0, 0.05) is 54.6 Å². The molecule has 0 saturated carbocycles. The maximum Gasteiger partial charge on any atom is 0.0329 e. The molecule has 0 aromatic carbocycles. The van der Waals surface area contributed by atoms with Gasteiger partial charge in [-0.25, -0.2) is 0 Å². The van der Waals surface area contributed by atoms with Gasteiger partial charge in [0.2, 0.25) is 0 Å². The lowest BCUT2D eigenvalue weighted by Crippen LogP contribution is -2.51. The van der Waals surface area contributed by atoms with Crippen molar-refractivity contribution in [3.63, 3.8) is 0 Å². The van der Waals surface area contributed by atoms with E-state index in [1.54, 1.807) is 0 Å². The molecule has 1 aliphatic rings. The summed E-state index contributed by atoms with van der Waals surface area (Å²) in [5, 5.41) is 3.49. The van der Waals surface area contributed by atoms with Crippen LogP contribution >= 0.6 is 11.3 Å². The number of nitrogens with zero attached hydrogens (tertiary/aromatic N) is 2. The van der Waals surface area contributed by atoms with Crippen LogP contribution in [-0.4, -0.2) is 48.1 Å². The van der Waals surface area contributed by atoms with Crippen LogP contribution in [0.4, 0.5) is 0 Å². The highest BCUT2D eigenvalue weighted by atomic mass is 32.1. The monoisotopic (exact) mass is 295 g/mol. The van der Waals surface area contributed by atoms with Crippen LogP contribution in [0.2, 0.25) is 0 Å². The standard InChI is InChI=1S/C16H29N3S/c1-5-19-9-8-18(11-14(19)4)12-16-7-6-15(20-16)10-17-13(2)3/h6-7,13-14,17H,5,8-12H2,1-4H3. The third-order valence-electron chi connectivity index (χ3n) is 4.04. The van der Waals surface area contributed by atoms with E-state index in [0.717, 1.165) is 13.1 Å². The zero-order valence-electron chi connectivity index (χ0n) is 13.4. The molecule has 2 rings (SSSR count). The molecule has 1 saturated heterocycles. The number of hydrogen-bond acceptors (Lipinski definition) is 4. The Labute approximate surface area is 128 Å². The highest BCUT2D eigenvalue weighted by Crippen LogP contribution is 2.20. The van der Waals surface area contributed by atoms with Crippen molar-refractivity contribution in [2.75, 3.05) is 26.2 Å². The first-order chi connectivity index (χ1) is 9.58. The SMILES string of the molecule is CCN1CCN(Cc2ccc(CNC(C)C)s2)CC1C. The van der Waals surface area contributed by atoms with Gasteiger partial charge in [-0.1, -0.05) is 20.8 Å². The third kappa shape index (κ3) is 4.55. The Morgan fingerprint density at radius 1 is 1.30 bits per heavy atom. The molecular formula is C16H29N3S. The van der Waals surface area contributed by atoms with Crippen molar-refractivity contribution in [2.45, 2.75) is 52.9 Å². The van der Waals surface area contributed by atoms with Crippen molar-refractivity contribution >= 4 is 11.3 Å². The van der Waals surface area contributed by atoms with Gasteiger partial charge in [0.05, 0.1) is 0 Å². The lowest BCUT2D eigenvalue weighted by molar-refractivity contribution is 0.0841. The zero-order chi connectivity index (χ0) is 14.5. The molecule has 1 aromatic rings. The number of hydrogen-bond donors (Lipinski definition) is 1. The van der Waals surface area contributed by atoms with Crippen LogP contribution in [0.5, 0.6) is 0 Å². The highest BCUT2D eigenvalue weighted by molar-refractivity contribution is 7.11. The van der Waals surface area contributed by atoms with Crippen LogP contribution in [-0.2, 0) is 13.1 Å². The van der Waals surface area contributed by atoms with Crippen molar-refractivity contribution in [1.82, 2.24) is 15.1 Å². The van der Waals surface area contributed by atoms with Crippen molar-refractivity contribution in [3.8, 4) is 0 Å². The average Bonchev–Trinajstić information content (AvgIpc) is 2.84. The maximum absolute atomic E-state index is 3.49. The minimum atomic E-state index is 0.559. The fourth-order valence-corrected chi connectivity index (χ4v) is 3.82. The van der Waals surface area contributed by atoms with Crippen LogP contribution < -0.4 is 5.32 Å². The van der Waals surface area contributed by atoms with Crippen LogP contribution in [0.25, 0.3) is 0 Å². The summed E-state index contributed by atoms with van der Waals surface area (Å²) in [6.07, 6.45) is 0. The minimum Gasteiger partial charge on any atom is -0.310 e. The first kappa shape index (κ1) is 16.0. The molecule has 114 valence electrons. The first-order valence-corrected chi connectivity index (χ1v) is 8.67. The molecular weight excluding hydrogens is 266 g/mol. The Bertz CT molecular complexity index is 402. The van der Waals surface area contributed by atoms with Gasteiger partial charge in [0.25, 0.3) is 0 Å². The number of thiophene rings is 1. The smallest absolute Gasteiger partial charge is 0.0329 e. The van der Waals surface area contributed by atoms with E-state index < -0.39 is 0 Å². The highest BCUT2D eigenvalue weighted by Gasteiger charge is 2.22. The maximum atomic E-state index is 3.49. The first-order valence-electron chi connectivity index (χ1n) is 7.86. The van der Waals surface area contributed by atoms with Crippen molar-refractivity contribution in [1.29, 1.82) is 0 Å². The predicted molar refractivity (Wildman–Crippen MR) is 88.3 cm³/mol. The van der Waals surface area contributed by atoms with E-state index in [2.05, 4.69) is 54.9 Å². The van der Waals surface area contributed by atoms with E-state index in [1.807, 2.05) is 11.3 Å². The van der Waals surface area contributed by atoms with Crippen molar-refractivity contribution < 1.29 is 0 Å². The fourth-order valence-electron chi connectivity index (χ4n) is 2.81. The molecule has 0 spiro atoms. The van der Waals surface area contributed by atoms with E-state index in [9.17, 15) is 0 Å². The molecule has 1 unspecified atom stereocenters. The number of piperazine rings is 1. The third-order valence-corrected chi connectivity index (χ3v) is 5.11. The van der Waals surface area contributed by atoms with Gasteiger partial charge in [-0.15, -0.1) is 11.3 Å². The summed E-state index contributed by atoms with van der Waals surface area (Å²) in [6, 6.07) is 5.83. The lowest BCUT2D eigenvalue weighted by Gasteiger charge is -2.39. The van der Waals surface area contributed by atoms with E-state index in [4.69, 9.17) is 0 Å². The summed E-state index contributed by atoms with van der Waals surface area (Å²) < 4.78 is 0. The Kier molecular flexibility index (Phi) is 6.02. The van der Waals surface area contributed by atoms with E-state index in [0.29, 0.717) is 12.1 Å². The molecule has 0 amide bonds. The Morgan fingerprint density at radius 3 is 2.70 bits per heavy atom. The van der Waals surface area contributed by atoms with Gasteiger partial charge >= 0.3 is 0 Å². The van der Waals surface area contributed by atoms with Crippen LogP contribution in [0.3, 0.4) is 0 Å². The second-order valence-electron chi connectivity index (χ2n) is 6.12. The topological polar surface area (TPSA) is 18.5 Å². The average molecular weight is 295 g/mol. The summed E-state index contributed by atoms with van der Waals surface area (Å²) in [5.41, 5.74) is 0. The Hall–Kier alpha value is -0.420. The Balaban J connectivity index is 1.82. The van der Waals surface area contributed by atoms with Crippen LogP contribution in [0.1, 0.15) is 37.4 Å². The number of likely N-dealkylation sites (N-methyl/N-ethyl adjacent to an activating group) is 1. The molecule has 1 aliphatic heterocycles. The largest absolute Gasteiger partial charge is 0.310 e. The van der Waals surface area contributed by atoms with Gasteiger partial charge < -0.3 is 5.32 Å². The summed E-state index contributed by atoms with van der Waals surface area (Å²) >= 11 is 1.96. The molecule has 2 heterocycles. The van der Waals surface area contributed by atoms with E-state index in [1.165, 1.54) is 35.9 Å². The van der Waals surface area contributed by atoms with Crippen molar-refractivity contribution in [2.24, 2.45) is 0 Å². The van der Waals surface area contributed by atoms with Gasteiger partial charge in [-0.3, -0.25) is 9.80 Å². The van der Waals surface area contributed by atoms with Gasteiger partial charge in [-0.05, 0) is 25.6 Å². The molecule has 20 heavy (non-hydrogen) atoms. The molecule has 1 N–H and O–H groups in total. The molecule has 0 aliphatic carbocycles. The molecule has 4 heteroatoms. The summed E-state index contributed by atoms with van der Waals surface area (Å²) in [4.78, 5) is 8.13. The zero-order valence-corrected chi connectivity index (χ0v) is 14.2. The van der Waals surface area contributed by atoms with E-state index >= 15 is 0 Å². The summed E-state index contributed by atoms with van der Waals surface area (Å²) in [5.74, 6) is 0. The fraction of sp³-hybridized carbons (Fsp3) is 0.750. The lowest BCUT2D eigenvalue weighted by atomic mass is 10.2. The van der Waals surface area contributed by atoms with Crippen LogP contribution in [0.15, 0.2) is 12.1 Å². The molecule has 1 fully saturated rings. The van der Waals surface area contributed by atoms with Crippen LogP contribution in [0, 0.1) is 0 Å². The molecule has 1 atom stereocenters. The van der Waals surface area contributed by atoms with Gasteiger partial charge in [0.15, 0.2) is 0 Å². The minimum absolute atomic E-state index is 0.559. The molecule has 3 nitrogen and oxygen atoms in total. The molecule has 0 radical (unpaired) electrons. The second-order valence-corrected chi connectivity index (χ2v) is 7.37. The molecule has 0 bridgehead atoms. The van der Waals surface area contributed by atoms with Gasteiger partial charge in [0.1, 0.15) is 0 Å². The molecule has 1 aromatic heterocycles. The quantitative estimate of drug-likeness (QED) is 0.870. The number of rotatable bonds is 6. The van der Waals surface area contributed by atoms with Gasteiger partial charge in [-0.2, -0.15) is 0 Å². The number of nitrogens with one attached hydrogen (secondary N) is 1. The van der Waals surface area contributed by atoms with Crippen molar-refractivity contribution in [3.05, 3.63) is 21.9 Å². The summed E-state index contributed by atoms with van der Waals surface area (Å²) in [6.45, 7) is 15.9. The summed E-state index contributed by atoms with van der Waals surface area (Å²) in [7, 11) is 0. The normalized spacial score (nSPS) is 21.8.